The highest BCUT2D eigenvalue weighted by atomic mass is 32.1. The van der Waals surface area contributed by atoms with Crippen molar-refractivity contribution in [1.82, 2.24) is 9.55 Å². The second-order valence-electron chi connectivity index (χ2n) is 4.29. The molecule has 0 aliphatic rings. The number of aromatic carboxylic acids is 1. The molecule has 0 aliphatic carbocycles. The van der Waals surface area contributed by atoms with E-state index in [4.69, 9.17) is 5.11 Å². The van der Waals surface area contributed by atoms with E-state index < -0.39 is 11.4 Å². The van der Waals surface area contributed by atoms with Gasteiger partial charge in [0.1, 0.15) is 5.56 Å². The highest BCUT2D eigenvalue weighted by Crippen LogP contribution is 2.15. The van der Waals surface area contributed by atoms with Crippen molar-refractivity contribution < 1.29 is 9.90 Å². The zero-order valence-electron chi connectivity index (χ0n) is 10.3. The van der Waals surface area contributed by atoms with E-state index in [2.05, 4.69) is 4.98 Å². The fraction of sp³-hybridized carbons (Fsp3) is 0.0714. The van der Waals surface area contributed by atoms with Crippen LogP contribution in [0.2, 0.25) is 0 Å². The van der Waals surface area contributed by atoms with Gasteiger partial charge in [-0.1, -0.05) is 12.1 Å². The summed E-state index contributed by atoms with van der Waals surface area (Å²) in [5, 5.41) is 9.57. The third-order valence-corrected chi connectivity index (χ3v) is 3.79. The molecule has 0 radical (unpaired) electrons. The van der Waals surface area contributed by atoms with Crippen molar-refractivity contribution in [2.24, 2.45) is 0 Å². The lowest BCUT2D eigenvalue weighted by Gasteiger charge is -2.10. The van der Waals surface area contributed by atoms with Crippen LogP contribution in [0.25, 0.3) is 10.9 Å². The van der Waals surface area contributed by atoms with Gasteiger partial charge in [0, 0.05) is 22.7 Å². The molecular formula is C14H10N2O3S. The van der Waals surface area contributed by atoms with Gasteiger partial charge in [0.15, 0.2) is 0 Å². The molecule has 1 aromatic carbocycles. The number of nitrogens with zero attached hydrogens (tertiary/aromatic N) is 2. The maximum atomic E-state index is 12.1. The highest BCUT2D eigenvalue weighted by molar-refractivity contribution is 7.09. The summed E-state index contributed by atoms with van der Waals surface area (Å²) >= 11 is 1.49. The number of carboxylic acid groups (broad SMARTS) is 1. The van der Waals surface area contributed by atoms with Gasteiger partial charge in [-0.15, -0.1) is 11.3 Å². The molecule has 0 unspecified atom stereocenters. The van der Waals surface area contributed by atoms with E-state index in [1.807, 2.05) is 12.1 Å². The van der Waals surface area contributed by atoms with E-state index in [0.29, 0.717) is 11.9 Å². The lowest BCUT2D eigenvalue weighted by atomic mass is 10.1. The highest BCUT2D eigenvalue weighted by Gasteiger charge is 2.14. The van der Waals surface area contributed by atoms with E-state index in [9.17, 15) is 9.59 Å². The van der Waals surface area contributed by atoms with Gasteiger partial charge in [-0.2, -0.15) is 0 Å². The maximum Gasteiger partial charge on any atom is 0.341 e. The van der Waals surface area contributed by atoms with E-state index in [1.165, 1.54) is 17.5 Å². The Labute approximate surface area is 117 Å². The molecule has 0 aliphatic heterocycles. The van der Waals surface area contributed by atoms with Gasteiger partial charge >= 0.3 is 5.97 Å². The van der Waals surface area contributed by atoms with Gasteiger partial charge in [-0.25, -0.2) is 4.79 Å². The SMILES string of the molecule is O=C(O)c1cn(Cc2cncs2)c2ccccc2c1=O. The van der Waals surface area contributed by atoms with Crippen LogP contribution in [-0.4, -0.2) is 20.6 Å². The first-order valence-corrected chi connectivity index (χ1v) is 6.77. The zero-order valence-corrected chi connectivity index (χ0v) is 11.1. The topological polar surface area (TPSA) is 72.2 Å². The molecule has 0 atom stereocenters. The minimum Gasteiger partial charge on any atom is -0.477 e. The molecule has 100 valence electrons. The third kappa shape index (κ3) is 2.10. The molecule has 0 fully saturated rings. The van der Waals surface area contributed by atoms with Gasteiger partial charge in [0.05, 0.1) is 17.6 Å². The first kappa shape index (κ1) is 12.6. The Balaban J connectivity index is 2.27. The Morgan fingerprint density at radius 2 is 2.15 bits per heavy atom. The van der Waals surface area contributed by atoms with Crippen LogP contribution in [0, 0.1) is 0 Å². The van der Waals surface area contributed by atoms with Crippen LogP contribution in [0.15, 0.2) is 47.0 Å². The van der Waals surface area contributed by atoms with E-state index >= 15 is 0 Å². The van der Waals surface area contributed by atoms with Crippen LogP contribution in [0.4, 0.5) is 0 Å². The second-order valence-corrected chi connectivity index (χ2v) is 5.26. The van der Waals surface area contributed by atoms with Gasteiger partial charge in [0.25, 0.3) is 0 Å². The summed E-state index contributed by atoms with van der Waals surface area (Å²) in [5.74, 6) is -1.21. The van der Waals surface area contributed by atoms with Crippen LogP contribution < -0.4 is 5.43 Å². The van der Waals surface area contributed by atoms with Crippen molar-refractivity contribution in [3.8, 4) is 0 Å². The molecular weight excluding hydrogens is 276 g/mol. The standard InChI is InChI=1S/C14H10N2O3S/c17-13-10-3-1-2-4-12(10)16(7-11(13)14(18)19)6-9-5-15-8-20-9/h1-5,7-8H,6H2,(H,18,19). The molecule has 0 amide bonds. The molecule has 0 saturated heterocycles. The molecule has 5 nitrogen and oxygen atoms in total. The van der Waals surface area contributed by atoms with Crippen LogP contribution in [0.5, 0.6) is 0 Å². The van der Waals surface area contributed by atoms with Crippen molar-refractivity contribution in [2.45, 2.75) is 6.54 Å². The minimum absolute atomic E-state index is 0.215. The largest absolute Gasteiger partial charge is 0.477 e. The van der Waals surface area contributed by atoms with Crippen LogP contribution in [-0.2, 0) is 6.54 Å². The number of thiazole rings is 1. The summed E-state index contributed by atoms with van der Waals surface area (Å²) < 4.78 is 1.77. The lowest BCUT2D eigenvalue weighted by molar-refractivity contribution is 0.0695. The van der Waals surface area contributed by atoms with Crippen LogP contribution >= 0.6 is 11.3 Å². The number of carbonyl (C=O) groups is 1. The minimum atomic E-state index is -1.21. The van der Waals surface area contributed by atoms with Crippen LogP contribution in [0.3, 0.4) is 0 Å². The molecule has 3 rings (SSSR count). The van der Waals surface area contributed by atoms with Crippen molar-refractivity contribution in [3.05, 3.63) is 62.8 Å². The summed E-state index contributed by atoms with van der Waals surface area (Å²) in [7, 11) is 0. The summed E-state index contributed by atoms with van der Waals surface area (Å²) in [6, 6.07) is 7.01. The van der Waals surface area contributed by atoms with E-state index in [0.717, 1.165) is 10.4 Å². The molecule has 20 heavy (non-hydrogen) atoms. The van der Waals surface area contributed by atoms with Crippen LogP contribution in [0.1, 0.15) is 15.2 Å². The van der Waals surface area contributed by atoms with Gasteiger partial charge in [-0.05, 0) is 12.1 Å². The third-order valence-electron chi connectivity index (χ3n) is 3.03. The number of carboxylic acids is 1. The molecule has 1 N–H and O–H groups in total. The fourth-order valence-corrected chi connectivity index (χ4v) is 2.71. The summed E-state index contributed by atoms with van der Waals surface area (Å²) in [5.41, 5.74) is 1.77. The molecule has 2 heterocycles. The summed E-state index contributed by atoms with van der Waals surface area (Å²) in [6.45, 7) is 0.492. The average molecular weight is 286 g/mol. The predicted octanol–water partition coefficient (Wildman–Crippen LogP) is 2.20. The average Bonchev–Trinajstić information content (AvgIpc) is 2.94. The smallest absolute Gasteiger partial charge is 0.341 e. The fourth-order valence-electron chi connectivity index (χ4n) is 2.12. The first-order valence-electron chi connectivity index (χ1n) is 5.89. The zero-order chi connectivity index (χ0) is 14.1. The number of para-hydroxylation sites is 1. The first-order chi connectivity index (χ1) is 9.66. The molecule has 2 aromatic heterocycles. The number of aromatic nitrogens is 2. The molecule has 0 bridgehead atoms. The lowest BCUT2D eigenvalue weighted by Crippen LogP contribution is -2.19. The molecule has 0 saturated carbocycles. The monoisotopic (exact) mass is 286 g/mol. The van der Waals surface area contributed by atoms with Gasteiger partial charge in [0.2, 0.25) is 5.43 Å². The van der Waals surface area contributed by atoms with Crippen molar-refractivity contribution in [3.63, 3.8) is 0 Å². The Morgan fingerprint density at radius 1 is 1.35 bits per heavy atom. The van der Waals surface area contributed by atoms with E-state index in [-0.39, 0.29) is 5.56 Å². The van der Waals surface area contributed by atoms with E-state index in [1.54, 1.807) is 28.4 Å². The normalized spacial score (nSPS) is 10.8. The number of benzene rings is 1. The number of hydrogen-bond acceptors (Lipinski definition) is 4. The predicted molar refractivity (Wildman–Crippen MR) is 76.4 cm³/mol. The molecule has 3 aromatic rings. The quantitative estimate of drug-likeness (QED) is 0.801. The number of pyridine rings is 1. The van der Waals surface area contributed by atoms with Crippen molar-refractivity contribution >= 4 is 28.2 Å². The molecule has 6 heteroatoms. The second kappa shape index (κ2) is 4.90. The number of hydrogen-bond donors (Lipinski definition) is 1. The Bertz CT molecular complexity index is 837. The van der Waals surface area contributed by atoms with Gasteiger partial charge in [-0.3, -0.25) is 9.78 Å². The molecule has 0 spiro atoms. The van der Waals surface area contributed by atoms with Crippen molar-refractivity contribution in [1.29, 1.82) is 0 Å². The van der Waals surface area contributed by atoms with Crippen molar-refractivity contribution in [2.75, 3.05) is 0 Å². The summed E-state index contributed by atoms with van der Waals surface area (Å²) in [6.07, 6.45) is 3.13. The Kier molecular flexibility index (Phi) is 3.08. The Morgan fingerprint density at radius 3 is 2.85 bits per heavy atom. The maximum absolute atomic E-state index is 12.1. The Hall–Kier alpha value is -2.47. The van der Waals surface area contributed by atoms with Gasteiger partial charge < -0.3 is 9.67 Å². The summed E-state index contributed by atoms with van der Waals surface area (Å²) in [4.78, 5) is 28.3. The number of fused-ring (bicyclic) bond motifs is 1. The number of rotatable bonds is 3.